The largest absolute Gasteiger partial charge is 0.466 e. The molecule has 0 amide bonds. The van der Waals surface area contributed by atoms with E-state index in [1.807, 2.05) is 13.8 Å². The van der Waals surface area contributed by atoms with Crippen molar-refractivity contribution >= 4 is 5.97 Å². The molecule has 0 radical (unpaired) electrons. The first-order chi connectivity index (χ1) is 7.66. The van der Waals surface area contributed by atoms with Crippen LogP contribution in [-0.2, 0) is 19.0 Å². The van der Waals surface area contributed by atoms with E-state index in [4.69, 9.17) is 14.2 Å². The summed E-state index contributed by atoms with van der Waals surface area (Å²) >= 11 is 0. The molecule has 0 saturated carbocycles. The van der Waals surface area contributed by atoms with Gasteiger partial charge in [-0.2, -0.15) is 0 Å². The molecule has 16 heavy (non-hydrogen) atoms. The Morgan fingerprint density at radius 2 is 1.94 bits per heavy atom. The first-order valence-corrected chi connectivity index (χ1v) is 6.10. The summed E-state index contributed by atoms with van der Waals surface area (Å²) in [5.41, 5.74) is 0. The fraction of sp³-hybridized carbons (Fsp3) is 0.917. The zero-order valence-electron chi connectivity index (χ0n) is 10.3. The molecule has 0 unspecified atom stereocenters. The zero-order chi connectivity index (χ0) is 11.9. The van der Waals surface area contributed by atoms with Crippen LogP contribution in [0.1, 0.15) is 46.0 Å². The number of hydrogen-bond acceptors (Lipinski definition) is 4. The van der Waals surface area contributed by atoms with Crippen molar-refractivity contribution < 1.29 is 19.0 Å². The molecule has 1 saturated heterocycles. The Morgan fingerprint density at radius 3 is 2.56 bits per heavy atom. The van der Waals surface area contributed by atoms with Gasteiger partial charge < -0.3 is 14.2 Å². The van der Waals surface area contributed by atoms with Crippen LogP contribution in [0.15, 0.2) is 0 Å². The number of ether oxygens (including phenoxy) is 3. The second-order valence-electron chi connectivity index (χ2n) is 4.20. The van der Waals surface area contributed by atoms with Gasteiger partial charge in [-0.25, -0.2) is 0 Å². The standard InChI is InChI=1S/C12H22O4/c1-3-14-11(13)7-5-4-6-8-12(2)15-9-10-16-12/h3-10H2,1-2H3. The molecule has 4 nitrogen and oxygen atoms in total. The molecule has 0 aromatic rings. The second-order valence-corrected chi connectivity index (χ2v) is 4.20. The first kappa shape index (κ1) is 13.5. The first-order valence-electron chi connectivity index (χ1n) is 6.10. The lowest BCUT2D eigenvalue weighted by Crippen LogP contribution is -2.25. The lowest BCUT2D eigenvalue weighted by atomic mass is 10.1. The Morgan fingerprint density at radius 1 is 1.25 bits per heavy atom. The zero-order valence-corrected chi connectivity index (χ0v) is 10.3. The average Bonchev–Trinajstić information content (AvgIpc) is 2.65. The smallest absolute Gasteiger partial charge is 0.305 e. The van der Waals surface area contributed by atoms with E-state index in [1.165, 1.54) is 0 Å². The van der Waals surface area contributed by atoms with Crippen LogP contribution in [0.2, 0.25) is 0 Å². The molecule has 0 aromatic carbocycles. The summed E-state index contributed by atoms with van der Waals surface area (Å²) in [7, 11) is 0. The Bertz CT molecular complexity index is 209. The highest BCUT2D eigenvalue weighted by atomic mass is 16.7. The van der Waals surface area contributed by atoms with Crippen molar-refractivity contribution in [3.05, 3.63) is 0 Å². The molecule has 1 rings (SSSR count). The Hall–Kier alpha value is -0.610. The summed E-state index contributed by atoms with van der Waals surface area (Å²) in [6, 6.07) is 0. The Kier molecular flexibility index (Phi) is 5.77. The van der Waals surface area contributed by atoms with Crippen LogP contribution in [0.5, 0.6) is 0 Å². The summed E-state index contributed by atoms with van der Waals surface area (Å²) in [6.07, 6.45) is 4.34. The topological polar surface area (TPSA) is 44.8 Å². The van der Waals surface area contributed by atoms with Gasteiger partial charge in [-0.15, -0.1) is 0 Å². The Balaban J connectivity index is 1.97. The van der Waals surface area contributed by atoms with Crippen molar-refractivity contribution in [1.29, 1.82) is 0 Å². The normalized spacial score (nSPS) is 18.6. The minimum Gasteiger partial charge on any atom is -0.466 e. The van der Waals surface area contributed by atoms with E-state index in [1.54, 1.807) is 0 Å². The van der Waals surface area contributed by atoms with Crippen molar-refractivity contribution in [3.63, 3.8) is 0 Å². The molecular weight excluding hydrogens is 208 g/mol. The van der Waals surface area contributed by atoms with Crippen LogP contribution in [0, 0.1) is 0 Å². The predicted molar refractivity (Wildman–Crippen MR) is 60.0 cm³/mol. The number of hydrogen-bond donors (Lipinski definition) is 0. The molecule has 4 heteroatoms. The highest BCUT2D eigenvalue weighted by molar-refractivity contribution is 5.69. The predicted octanol–water partition coefficient (Wildman–Crippen LogP) is 2.26. The molecule has 0 aliphatic carbocycles. The number of unbranched alkanes of at least 4 members (excludes halogenated alkanes) is 2. The van der Waals surface area contributed by atoms with Gasteiger partial charge in [0.2, 0.25) is 0 Å². The maximum Gasteiger partial charge on any atom is 0.305 e. The summed E-state index contributed by atoms with van der Waals surface area (Å²) in [5.74, 6) is -0.480. The van der Waals surface area contributed by atoms with Gasteiger partial charge in [0.25, 0.3) is 0 Å². The van der Waals surface area contributed by atoms with Gasteiger partial charge in [-0.1, -0.05) is 6.42 Å². The summed E-state index contributed by atoms with van der Waals surface area (Å²) < 4.78 is 15.8. The maximum absolute atomic E-state index is 11.1. The molecule has 0 atom stereocenters. The van der Waals surface area contributed by atoms with E-state index in [-0.39, 0.29) is 11.8 Å². The van der Waals surface area contributed by atoms with Gasteiger partial charge in [0.1, 0.15) is 0 Å². The lowest BCUT2D eigenvalue weighted by Gasteiger charge is -2.21. The quantitative estimate of drug-likeness (QED) is 0.497. The molecule has 0 spiro atoms. The van der Waals surface area contributed by atoms with Gasteiger partial charge in [-0.3, -0.25) is 4.79 Å². The van der Waals surface area contributed by atoms with E-state index in [0.717, 1.165) is 25.7 Å². The molecule has 1 heterocycles. The number of carbonyl (C=O) groups is 1. The van der Waals surface area contributed by atoms with Gasteiger partial charge >= 0.3 is 5.97 Å². The van der Waals surface area contributed by atoms with Crippen LogP contribution in [0.4, 0.5) is 0 Å². The van der Waals surface area contributed by atoms with Crippen LogP contribution >= 0.6 is 0 Å². The van der Waals surface area contributed by atoms with Crippen molar-refractivity contribution in [2.24, 2.45) is 0 Å². The third-order valence-corrected chi connectivity index (χ3v) is 2.72. The lowest BCUT2D eigenvalue weighted by molar-refractivity contribution is -0.147. The number of rotatable bonds is 7. The van der Waals surface area contributed by atoms with Gasteiger partial charge in [-0.05, 0) is 26.7 Å². The SMILES string of the molecule is CCOC(=O)CCCCCC1(C)OCCO1. The average molecular weight is 230 g/mol. The van der Waals surface area contributed by atoms with E-state index >= 15 is 0 Å². The molecule has 1 aliphatic rings. The van der Waals surface area contributed by atoms with Crippen molar-refractivity contribution in [2.75, 3.05) is 19.8 Å². The van der Waals surface area contributed by atoms with Crippen LogP contribution in [0.25, 0.3) is 0 Å². The monoisotopic (exact) mass is 230 g/mol. The van der Waals surface area contributed by atoms with E-state index in [2.05, 4.69) is 0 Å². The second kappa shape index (κ2) is 6.86. The van der Waals surface area contributed by atoms with E-state index in [9.17, 15) is 4.79 Å². The minimum absolute atomic E-state index is 0.0953. The van der Waals surface area contributed by atoms with Crippen molar-refractivity contribution in [2.45, 2.75) is 51.7 Å². The van der Waals surface area contributed by atoms with Crippen LogP contribution in [0.3, 0.4) is 0 Å². The number of esters is 1. The van der Waals surface area contributed by atoms with Crippen molar-refractivity contribution in [1.82, 2.24) is 0 Å². The van der Waals surface area contributed by atoms with E-state index in [0.29, 0.717) is 26.2 Å². The maximum atomic E-state index is 11.1. The van der Waals surface area contributed by atoms with Crippen LogP contribution < -0.4 is 0 Å². The summed E-state index contributed by atoms with van der Waals surface area (Å²) in [6.45, 7) is 5.66. The third kappa shape index (κ3) is 4.94. The molecular formula is C12H22O4. The molecule has 94 valence electrons. The fourth-order valence-corrected chi connectivity index (χ4v) is 1.83. The fourth-order valence-electron chi connectivity index (χ4n) is 1.83. The van der Waals surface area contributed by atoms with Crippen molar-refractivity contribution in [3.8, 4) is 0 Å². The number of carbonyl (C=O) groups excluding carboxylic acids is 1. The summed E-state index contributed by atoms with van der Waals surface area (Å²) in [5, 5.41) is 0. The third-order valence-electron chi connectivity index (χ3n) is 2.72. The molecule has 0 N–H and O–H groups in total. The molecule has 1 fully saturated rings. The van der Waals surface area contributed by atoms with Crippen LogP contribution in [-0.4, -0.2) is 31.6 Å². The van der Waals surface area contributed by atoms with Gasteiger partial charge in [0.15, 0.2) is 5.79 Å². The van der Waals surface area contributed by atoms with Gasteiger partial charge in [0.05, 0.1) is 19.8 Å². The minimum atomic E-state index is -0.385. The molecule has 1 aliphatic heterocycles. The molecule has 0 aromatic heterocycles. The molecule has 0 bridgehead atoms. The van der Waals surface area contributed by atoms with Gasteiger partial charge in [0, 0.05) is 12.8 Å². The van der Waals surface area contributed by atoms with E-state index < -0.39 is 0 Å². The summed E-state index contributed by atoms with van der Waals surface area (Å²) in [4.78, 5) is 11.1. The highest BCUT2D eigenvalue weighted by Crippen LogP contribution is 2.25. The Labute approximate surface area is 97.2 Å². The highest BCUT2D eigenvalue weighted by Gasteiger charge is 2.29.